The molecule has 0 heterocycles. The highest BCUT2D eigenvalue weighted by Crippen LogP contribution is 2.27. The predicted molar refractivity (Wildman–Crippen MR) is 77.9 cm³/mol. The molecule has 0 aliphatic heterocycles. The standard InChI is InChI=1S/C17H20/c1-6-15(7-2)17(8-3)14(5)16-11-9-13(4)10-12-16/h6-12H,1,5H2,2-4H3. The molecule has 0 fully saturated rings. The van der Waals surface area contributed by atoms with Gasteiger partial charge in [0.25, 0.3) is 0 Å². The van der Waals surface area contributed by atoms with Crippen LogP contribution in [-0.4, -0.2) is 0 Å². The van der Waals surface area contributed by atoms with Crippen molar-refractivity contribution < 1.29 is 0 Å². The third-order valence-electron chi connectivity index (χ3n) is 2.86. The Balaban J connectivity index is 3.11. The number of allylic oxidation sites excluding steroid dienone is 6. The van der Waals surface area contributed by atoms with Crippen LogP contribution in [0.3, 0.4) is 0 Å². The monoisotopic (exact) mass is 224 g/mol. The third-order valence-corrected chi connectivity index (χ3v) is 2.86. The summed E-state index contributed by atoms with van der Waals surface area (Å²) >= 11 is 0. The lowest BCUT2D eigenvalue weighted by Crippen LogP contribution is -1.91. The van der Waals surface area contributed by atoms with Gasteiger partial charge >= 0.3 is 0 Å². The molecule has 0 unspecified atom stereocenters. The first-order chi connectivity index (χ1) is 8.13. The summed E-state index contributed by atoms with van der Waals surface area (Å²) in [7, 11) is 0. The molecule has 1 aromatic carbocycles. The van der Waals surface area contributed by atoms with Gasteiger partial charge in [0.1, 0.15) is 0 Å². The summed E-state index contributed by atoms with van der Waals surface area (Å²) in [6, 6.07) is 8.43. The number of hydrogen-bond acceptors (Lipinski definition) is 0. The van der Waals surface area contributed by atoms with Crippen LogP contribution in [0.1, 0.15) is 25.0 Å². The molecule has 0 aliphatic rings. The van der Waals surface area contributed by atoms with Gasteiger partial charge < -0.3 is 0 Å². The minimum absolute atomic E-state index is 1.04. The van der Waals surface area contributed by atoms with E-state index < -0.39 is 0 Å². The zero-order chi connectivity index (χ0) is 12.8. The van der Waals surface area contributed by atoms with Crippen molar-refractivity contribution in [2.24, 2.45) is 0 Å². The Hall–Kier alpha value is -1.82. The normalized spacial score (nSPS) is 12.4. The lowest BCUT2D eigenvalue weighted by atomic mass is 9.93. The van der Waals surface area contributed by atoms with Gasteiger partial charge in [-0.25, -0.2) is 0 Å². The first-order valence-electron chi connectivity index (χ1n) is 5.85. The van der Waals surface area contributed by atoms with E-state index in [1.807, 2.05) is 19.9 Å². The Bertz CT molecular complexity index is 467. The second-order valence-corrected chi connectivity index (χ2v) is 4.00. The quantitative estimate of drug-likeness (QED) is 0.625. The van der Waals surface area contributed by atoms with E-state index in [1.54, 1.807) is 0 Å². The van der Waals surface area contributed by atoms with Crippen molar-refractivity contribution >= 4 is 5.57 Å². The minimum Gasteiger partial charge on any atom is -0.0985 e. The summed E-state index contributed by atoms with van der Waals surface area (Å²) in [5.41, 5.74) is 5.73. The van der Waals surface area contributed by atoms with Crippen molar-refractivity contribution in [1.82, 2.24) is 0 Å². The Labute approximate surface area is 105 Å². The van der Waals surface area contributed by atoms with Crippen molar-refractivity contribution in [1.29, 1.82) is 0 Å². The summed E-state index contributed by atoms with van der Waals surface area (Å²) in [4.78, 5) is 0. The van der Waals surface area contributed by atoms with Crippen LogP contribution < -0.4 is 0 Å². The van der Waals surface area contributed by atoms with Crippen molar-refractivity contribution in [3.8, 4) is 0 Å². The minimum atomic E-state index is 1.04. The van der Waals surface area contributed by atoms with Gasteiger partial charge in [-0.1, -0.05) is 61.2 Å². The zero-order valence-corrected chi connectivity index (χ0v) is 11.0. The molecular weight excluding hydrogens is 204 g/mol. The van der Waals surface area contributed by atoms with E-state index in [0.29, 0.717) is 0 Å². The molecule has 88 valence electrons. The van der Waals surface area contributed by atoms with Crippen molar-refractivity contribution in [2.45, 2.75) is 20.8 Å². The molecule has 0 radical (unpaired) electrons. The first-order valence-corrected chi connectivity index (χ1v) is 5.85. The van der Waals surface area contributed by atoms with Gasteiger partial charge in [-0.15, -0.1) is 0 Å². The van der Waals surface area contributed by atoms with Crippen LogP contribution in [0.5, 0.6) is 0 Å². The highest BCUT2D eigenvalue weighted by atomic mass is 14.1. The van der Waals surface area contributed by atoms with Crippen molar-refractivity contribution in [3.63, 3.8) is 0 Å². The molecule has 0 heteroatoms. The Morgan fingerprint density at radius 3 is 2.06 bits per heavy atom. The van der Waals surface area contributed by atoms with E-state index in [0.717, 1.165) is 22.3 Å². The molecule has 0 saturated heterocycles. The van der Waals surface area contributed by atoms with E-state index in [9.17, 15) is 0 Å². The Morgan fingerprint density at radius 1 is 1.06 bits per heavy atom. The van der Waals surface area contributed by atoms with Crippen LogP contribution in [0.2, 0.25) is 0 Å². The number of benzene rings is 1. The topological polar surface area (TPSA) is 0 Å². The molecule has 1 rings (SSSR count). The largest absolute Gasteiger partial charge is 0.0985 e. The Morgan fingerprint density at radius 2 is 1.65 bits per heavy atom. The van der Waals surface area contributed by atoms with E-state index in [4.69, 9.17) is 0 Å². The number of aryl methyl sites for hydroxylation is 1. The molecule has 0 saturated carbocycles. The molecule has 1 aromatic rings. The maximum atomic E-state index is 4.19. The van der Waals surface area contributed by atoms with Crippen LogP contribution in [0.25, 0.3) is 5.57 Å². The number of rotatable bonds is 4. The summed E-state index contributed by atoms with van der Waals surface area (Å²) in [5.74, 6) is 0. The van der Waals surface area contributed by atoms with Crippen LogP contribution in [0.15, 0.2) is 66.8 Å². The maximum Gasteiger partial charge on any atom is -0.0158 e. The lowest BCUT2D eigenvalue weighted by molar-refractivity contribution is 1.43. The van der Waals surface area contributed by atoms with Crippen LogP contribution in [0, 0.1) is 6.92 Å². The fourth-order valence-electron chi connectivity index (χ4n) is 1.81. The molecule has 0 atom stereocenters. The molecule has 0 aromatic heterocycles. The summed E-state index contributed by atoms with van der Waals surface area (Å²) in [5, 5.41) is 0. The van der Waals surface area contributed by atoms with E-state index in [-0.39, 0.29) is 0 Å². The molecular formula is C17H20. The third kappa shape index (κ3) is 3.07. The van der Waals surface area contributed by atoms with Gasteiger partial charge in [0.2, 0.25) is 0 Å². The molecule has 17 heavy (non-hydrogen) atoms. The van der Waals surface area contributed by atoms with Crippen LogP contribution >= 0.6 is 0 Å². The molecule has 0 aliphatic carbocycles. The van der Waals surface area contributed by atoms with Crippen LogP contribution in [-0.2, 0) is 0 Å². The van der Waals surface area contributed by atoms with Gasteiger partial charge in [-0.05, 0) is 43.1 Å². The molecule has 0 N–H and O–H groups in total. The lowest BCUT2D eigenvalue weighted by Gasteiger charge is -2.12. The summed E-state index contributed by atoms with van der Waals surface area (Å²) in [6.07, 6.45) is 6.01. The van der Waals surface area contributed by atoms with Crippen LogP contribution in [0.4, 0.5) is 0 Å². The molecule has 0 nitrogen and oxygen atoms in total. The second kappa shape index (κ2) is 6.05. The highest BCUT2D eigenvalue weighted by molar-refractivity contribution is 5.83. The van der Waals surface area contributed by atoms with Gasteiger partial charge in [-0.3, -0.25) is 0 Å². The molecule has 0 spiro atoms. The summed E-state index contributed by atoms with van der Waals surface area (Å²) < 4.78 is 0. The van der Waals surface area contributed by atoms with E-state index in [2.05, 4.69) is 56.5 Å². The first kappa shape index (κ1) is 13.2. The van der Waals surface area contributed by atoms with E-state index in [1.165, 1.54) is 5.56 Å². The predicted octanol–water partition coefficient (Wildman–Crippen LogP) is 5.09. The second-order valence-electron chi connectivity index (χ2n) is 4.00. The molecule has 0 bridgehead atoms. The fraction of sp³-hybridized carbons (Fsp3) is 0.176. The average Bonchev–Trinajstić information content (AvgIpc) is 2.36. The summed E-state index contributed by atoms with van der Waals surface area (Å²) in [6.45, 7) is 14.2. The zero-order valence-electron chi connectivity index (χ0n) is 11.0. The van der Waals surface area contributed by atoms with Gasteiger partial charge in [-0.2, -0.15) is 0 Å². The average molecular weight is 224 g/mol. The van der Waals surface area contributed by atoms with Crippen molar-refractivity contribution in [2.75, 3.05) is 0 Å². The number of hydrogen-bond donors (Lipinski definition) is 0. The van der Waals surface area contributed by atoms with Gasteiger partial charge in [0.15, 0.2) is 0 Å². The fourth-order valence-corrected chi connectivity index (χ4v) is 1.81. The van der Waals surface area contributed by atoms with Gasteiger partial charge in [0, 0.05) is 0 Å². The van der Waals surface area contributed by atoms with E-state index >= 15 is 0 Å². The highest BCUT2D eigenvalue weighted by Gasteiger charge is 2.06. The molecule has 0 amide bonds. The smallest absolute Gasteiger partial charge is 0.0158 e. The van der Waals surface area contributed by atoms with Crippen molar-refractivity contribution in [3.05, 3.63) is 77.9 Å². The maximum absolute atomic E-state index is 4.19. The Kier molecular flexibility index (Phi) is 4.71. The SMILES string of the molecule is C=CC(=CC)C(=CC)C(=C)c1ccc(C)cc1. The van der Waals surface area contributed by atoms with Gasteiger partial charge in [0.05, 0.1) is 0 Å².